The molecule has 4 rings (SSSR count). The van der Waals surface area contributed by atoms with E-state index in [1.807, 2.05) is 91.8 Å². The Morgan fingerprint density at radius 1 is 0.720 bits per heavy atom. The maximum atomic E-state index is 13.4. The second-order valence-electron chi connectivity index (χ2n) is 11.8. The third-order valence-electron chi connectivity index (χ3n) is 7.69. The number of likely N-dealkylation sites (N-methyl/N-ethyl adjacent to an activating group) is 1. The van der Waals surface area contributed by atoms with E-state index in [0.717, 1.165) is 22.3 Å². The Hall–Kier alpha value is -5.49. The molecule has 12 heteroatoms. The standard InChI is InChI=1S/C38H39F3N4O5/c1-44(2)23-21-42-36(48)33-11-7-6-10-32(33)30-16-12-29(13-17-30)26-45(35(47)25-43-34(46)24-28-8-4-3-5-9-28)22-20-27-14-18-31(19-15-27)50-37(49)38(39,40)41/h3-19H,20-26H2,1-2H3,(H,42,48)(H,43,46). The van der Waals surface area contributed by atoms with Crippen LogP contribution < -0.4 is 15.4 Å². The molecule has 0 fully saturated rings. The van der Waals surface area contributed by atoms with Crippen molar-refractivity contribution in [3.05, 3.63) is 125 Å². The zero-order chi connectivity index (χ0) is 36.1. The number of carbonyl (C=O) groups excluding carboxylic acids is 4. The van der Waals surface area contributed by atoms with Crippen LogP contribution in [-0.2, 0) is 33.8 Å². The van der Waals surface area contributed by atoms with E-state index in [0.29, 0.717) is 30.6 Å². The normalized spacial score (nSPS) is 11.2. The lowest BCUT2D eigenvalue weighted by Crippen LogP contribution is -2.41. The van der Waals surface area contributed by atoms with Crippen LogP contribution in [0.5, 0.6) is 5.75 Å². The monoisotopic (exact) mass is 688 g/mol. The Kier molecular flexibility index (Phi) is 13.3. The Morgan fingerprint density at radius 2 is 1.36 bits per heavy atom. The fourth-order valence-electron chi connectivity index (χ4n) is 5.01. The van der Waals surface area contributed by atoms with E-state index in [-0.39, 0.29) is 49.5 Å². The average molecular weight is 689 g/mol. The number of rotatable bonds is 15. The highest BCUT2D eigenvalue weighted by Gasteiger charge is 2.41. The smallest absolute Gasteiger partial charge is 0.420 e. The van der Waals surface area contributed by atoms with Crippen LogP contribution in [-0.4, -0.2) is 79.9 Å². The maximum Gasteiger partial charge on any atom is 0.491 e. The van der Waals surface area contributed by atoms with Gasteiger partial charge in [0.2, 0.25) is 11.8 Å². The van der Waals surface area contributed by atoms with Gasteiger partial charge >= 0.3 is 12.1 Å². The molecular weight excluding hydrogens is 649 g/mol. The van der Waals surface area contributed by atoms with Crippen molar-refractivity contribution in [3.63, 3.8) is 0 Å². The van der Waals surface area contributed by atoms with Gasteiger partial charge < -0.3 is 25.2 Å². The van der Waals surface area contributed by atoms with Gasteiger partial charge in [-0.15, -0.1) is 0 Å². The van der Waals surface area contributed by atoms with Crippen LogP contribution in [0.1, 0.15) is 27.0 Å². The molecule has 0 bridgehead atoms. The molecule has 9 nitrogen and oxygen atoms in total. The maximum absolute atomic E-state index is 13.4. The minimum atomic E-state index is -5.11. The fourth-order valence-corrected chi connectivity index (χ4v) is 5.01. The van der Waals surface area contributed by atoms with E-state index in [1.54, 1.807) is 11.0 Å². The van der Waals surface area contributed by atoms with Crippen molar-refractivity contribution < 1.29 is 37.1 Å². The number of esters is 1. The molecule has 50 heavy (non-hydrogen) atoms. The molecule has 0 aliphatic rings. The summed E-state index contributed by atoms with van der Waals surface area (Å²) in [5.74, 6) is -3.37. The van der Waals surface area contributed by atoms with Gasteiger partial charge in [0.05, 0.1) is 13.0 Å². The Balaban J connectivity index is 1.45. The molecule has 0 saturated heterocycles. The van der Waals surface area contributed by atoms with Crippen molar-refractivity contribution in [1.29, 1.82) is 0 Å². The molecule has 0 saturated carbocycles. The Morgan fingerprint density at radius 3 is 2.02 bits per heavy atom. The van der Waals surface area contributed by atoms with Crippen molar-refractivity contribution in [2.75, 3.05) is 40.3 Å². The van der Waals surface area contributed by atoms with E-state index in [4.69, 9.17) is 0 Å². The zero-order valence-electron chi connectivity index (χ0n) is 27.8. The van der Waals surface area contributed by atoms with E-state index in [9.17, 15) is 32.3 Å². The average Bonchev–Trinajstić information content (AvgIpc) is 3.09. The predicted molar refractivity (Wildman–Crippen MR) is 183 cm³/mol. The number of hydrogen-bond donors (Lipinski definition) is 2. The molecule has 0 radical (unpaired) electrons. The molecule has 262 valence electrons. The molecule has 0 atom stereocenters. The molecule has 0 spiro atoms. The number of benzene rings is 4. The fraction of sp³-hybridized carbons (Fsp3) is 0.263. The first-order chi connectivity index (χ1) is 23.9. The van der Waals surface area contributed by atoms with Crippen LogP contribution in [0.4, 0.5) is 13.2 Å². The molecule has 0 aliphatic heterocycles. The lowest BCUT2D eigenvalue weighted by Gasteiger charge is -2.23. The first kappa shape index (κ1) is 37.3. The van der Waals surface area contributed by atoms with Crippen LogP contribution in [0.3, 0.4) is 0 Å². The van der Waals surface area contributed by atoms with Gasteiger partial charge in [0.25, 0.3) is 5.91 Å². The zero-order valence-corrected chi connectivity index (χ0v) is 27.8. The molecule has 0 aliphatic carbocycles. The highest BCUT2D eigenvalue weighted by atomic mass is 19.4. The van der Waals surface area contributed by atoms with E-state index in [1.165, 1.54) is 24.3 Å². The van der Waals surface area contributed by atoms with Gasteiger partial charge in [-0.25, -0.2) is 4.79 Å². The Labute approximate surface area is 289 Å². The third kappa shape index (κ3) is 11.6. The van der Waals surface area contributed by atoms with Crippen molar-refractivity contribution in [1.82, 2.24) is 20.4 Å². The largest absolute Gasteiger partial charge is 0.491 e. The number of halogens is 3. The number of alkyl halides is 3. The first-order valence-electron chi connectivity index (χ1n) is 16.0. The van der Waals surface area contributed by atoms with Crippen LogP contribution in [0.25, 0.3) is 11.1 Å². The first-order valence-corrected chi connectivity index (χ1v) is 16.0. The van der Waals surface area contributed by atoms with Gasteiger partial charge in [0.15, 0.2) is 0 Å². The summed E-state index contributed by atoms with van der Waals surface area (Å²) >= 11 is 0. The second kappa shape index (κ2) is 17.8. The van der Waals surface area contributed by atoms with Crippen molar-refractivity contribution in [3.8, 4) is 16.9 Å². The third-order valence-corrected chi connectivity index (χ3v) is 7.69. The van der Waals surface area contributed by atoms with Crippen molar-refractivity contribution in [2.45, 2.75) is 25.6 Å². The van der Waals surface area contributed by atoms with E-state index in [2.05, 4.69) is 15.4 Å². The predicted octanol–water partition coefficient (Wildman–Crippen LogP) is 5.04. The minimum absolute atomic E-state index is 0.121. The molecular formula is C38H39F3N4O5. The summed E-state index contributed by atoms with van der Waals surface area (Å²) in [6, 6.07) is 29.5. The van der Waals surface area contributed by atoms with Gasteiger partial charge in [-0.3, -0.25) is 14.4 Å². The lowest BCUT2D eigenvalue weighted by molar-refractivity contribution is -0.189. The van der Waals surface area contributed by atoms with Crippen LogP contribution >= 0.6 is 0 Å². The van der Waals surface area contributed by atoms with Crippen molar-refractivity contribution in [2.24, 2.45) is 0 Å². The number of hydrogen-bond acceptors (Lipinski definition) is 6. The van der Waals surface area contributed by atoms with E-state index < -0.39 is 12.1 Å². The van der Waals surface area contributed by atoms with Crippen LogP contribution in [0, 0.1) is 0 Å². The Bertz CT molecular complexity index is 1750. The number of amides is 3. The van der Waals surface area contributed by atoms with Gasteiger partial charge in [-0.05, 0) is 66.5 Å². The molecule has 2 N–H and O–H groups in total. The molecule has 0 unspecified atom stereocenters. The van der Waals surface area contributed by atoms with Crippen LogP contribution in [0.2, 0.25) is 0 Å². The van der Waals surface area contributed by atoms with Gasteiger partial charge in [0.1, 0.15) is 5.75 Å². The summed E-state index contributed by atoms with van der Waals surface area (Å²) in [4.78, 5) is 53.7. The summed E-state index contributed by atoms with van der Waals surface area (Å²) in [6.45, 7) is 1.42. The molecule has 3 amide bonds. The topological polar surface area (TPSA) is 108 Å². The number of nitrogens with one attached hydrogen (secondary N) is 2. The molecule has 4 aromatic rings. The number of carbonyl (C=O) groups is 4. The van der Waals surface area contributed by atoms with E-state index >= 15 is 0 Å². The number of nitrogens with zero attached hydrogens (tertiary/aromatic N) is 2. The van der Waals surface area contributed by atoms with Crippen molar-refractivity contribution >= 4 is 23.7 Å². The quantitative estimate of drug-likeness (QED) is 0.134. The summed E-state index contributed by atoms with van der Waals surface area (Å²) < 4.78 is 42.1. The highest BCUT2D eigenvalue weighted by molar-refractivity contribution is 6.00. The molecule has 4 aromatic carbocycles. The summed E-state index contributed by atoms with van der Waals surface area (Å²) in [5.41, 5.74) is 4.44. The highest BCUT2D eigenvalue weighted by Crippen LogP contribution is 2.25. The van der Waals surface area contributed by atoms with Crippen LogP contribution in [0.15, 0.2) is 103 Å². The minimum Gasteiger partial charge on any atom is -0.420 e. The SMILES string of the molecule is CN(C)CCNC(=O)c1ccccc1-c1ccc(CN(CCc2ccc(OC(=O)C(F)(F)F)cc2)C(=O)CNC(=O)Cc2ccccc2)cc1. The number of ether oxygens (including phenoxy) is 1. The summed E-state index contributed by atoms with van der Waals surface area (Å²) in [5, 5.41) is 5.64. The summed E-state index contributed by atoms with van der Waals surface area (Å²) in [6.07, 6.45) is -4.65. The second-order valence-corrected chi connectivity index (χ2v) is 11.8. The van der Waals surface area contributed by atoms with Gasteiger partial charge in [-0.1, -0.05) is 84.9 Å². The molecule has 0 aromatic heterocycles. The van der Waals surface area contributed by atoms with Gasteiger partial charge in [-0.2, -0.15) is 13.2 Å². The van der Waals surface area contributed by atoms with Gasteiger partial charge in [0, 0.05) is 31.7 Å². The molecule has 0 heterocycles. The summed E-state index contributed by atoms with van der Waals surface area (Å²) in [7, 11) is 3.86. The lowest BCUT2D eigenvalue weighted by atomic mass is 9.98.